The van der Waals surface area contributed by atoms with Crippen molar-refractivity contribution in [1.82, 2.24) is 4.90 Å². The summed E-state index contributed by atoms with van der Waals surface area (Å²) in [6.45, 7) is 7.69. The third-order valence-corrected chi connectivity index (χ3v) is 5.35. The molecule has 134 valence electrons. The molecule has 3 rings (SSSR count). The standard InChI is InChI=1S/C18H26N2O3.ClH/c1-12-13(4-5-14-15(12)9-23-17(14)22)16(21)8-20-7-3-6-18(2,10-19)11-20;/h4-5,16,21H,3,6-11,19H2,1-2H3;1H/t16-,18?;/m0./s1. The highest BCUT2D eigenvalue weighted by molar-refractivity contribution is 5.93. The highest BCUT2D eigenvalue weighted by Crippen LogP contribution is 2.32. The maximum atomic E-state index is 11.6. The second-order valence-electron chi connectivity index (χ2n) is 7.25. The number of cyclic esters (lactones) is 1. The molecule has 0 saturated carbocycles. The quantitative estimate of drug-likeness (QED) is 0.810. The fourth-order valence-corrected chi connectivity index (χ4v) is 3.82. The van der Waals surface area contributed by atoms with Crippen molar-refractivity contribution in [2.45, 2.75) is 39.4 Å². The van der Waals surface area contributed by atoms with Gasteiger partial charge in [-0.3, -0.25) is 4.90 Å². The number of aliphatic hydroxyl groups excluding tert-OH is 1. The van der Waals surface area contributed by atoms with Crippen molar-refractivity contribution in [2.75, 3.05) is 26.2 Å². The third-order valence-electron chi connectivity index (χ3n) is 5.35. The number of carbonyl (C=O) groups excluding carboxylic acids is 1. The van der Waals surface area contributed by atoms with Gasteiger partial charge in [0, 0.05) is 18.7 Å². The normalized spacial score (nSPS) is 24.9. The number of esters is 1. The summed E-state index contributed by atoms with van der Waals surface area (Å²) in [4.78, 5) is 13.9. The lowest BCUT2D eigenvalue weighted by Gasteiger charge is -2.40. The second-order valence-corrected chi connectivity index (χ2v) is 7.25. The first-order valence-electron chi connectivity index (χ1n) is 8.33. The number of fused-ring (bicyclic) bond motifs is 1. The molecule has 0 bridgehead atoms. The van der Waals surface area contributed by atoms with E-state index in [9.17, 15) is 9.90 Å². The van der Waals surface area contributed by atoms with E-state index >= 15 is 0 Å². The summed E-state index contributed by atoms with van der Waals surface area (Å²) in [6.07, 6.45) is 1.70. The molecule has 2 aliphatic rings. The first-order chi connectivity index (χ1) is 10.9. The number of piperidine rings is 1. The van der Waals surface area contributed by atoms with Crippen molar-refractivity contribution in [1.29, 1.82) is 0 Å². The van der Waals surface area contributed by atoms with Gasteiger partial charge in [-0.1, -0.05) is 13.0 Å². The molecule has 0 amide bonds. The first-order valence-corrected chi connectivity index (χ1v) is 8.33. The molecule has 1 fully saturated rings. The molecular formula is C18H27ClN2O3. The van der Waals surface area contributed by atoms with E-state index in [4.69, 9.17) is 10.5 Å². The Balaban J connectivity index is 0.00000208. The van der Waals surface area contributed by atoms with E-state index in [1.54, 1.807) is 6.07 Å². The van der Waals surface area contributed by atoms with Crippen LogP contribution in [0.25, 0.3) is 0 Å². The molecule has 2 heterocycles. The molecule has 2 atom stereocenters. The molecular weight excluding hydrogens is 328 g/mol. The van der Waals surface area contributed by atoms with E-state index in [0.29, 0.717) is 25.3 Å². The molecule has 1 unspecified atom stereocenters. The van der Waals surface area contributed by atoms with E-state index in [2.05, 4.69) is 11.8 Å². The van der Waals surface area contributed by atoms with E-state index in [1.807, 2.05) is 13.0 Å². The summed E-state index contributed by atoms with van der Waals surface area (Å²) in [5.74, 6) is -0.265. The number of ether oxygens (including phenoxy) is 1. The predicted octanol–water partition coefficient (Wildman–Crippen LogP) is 2.18. The zero-order valence-electron chi connectivity index (χ0n) is 14.4. The topological polar surface area (TPSA) is 75.8 Å². The fourth-order valence-electron chi connectivity index (χ4n) is 3.82. The van der Waals surface area contributed by atoms with Gasteiger partial charge in [0.1, 0.15) is 6.61 Å². The third kappa shape index (κ3) is 3.59. The molecule has 0 aromatic heterocycles. The van der Waals surface area contributed by atoms with Crippen LogP contribution in [0.3, 0.4) is 0 Å². The van der Waals surface area contributed by atoms with Gasteiger partial charge in [-0.05, 0) is 55.5 Å². The second kappa shape index (κ2) is 7.40. The van der Waals surface area contributed by atoms with Gasteiger partial charge >= 0.3 is 5.97 Å². The molecule has 0 spiro atoms. The number of nitrogens with two attached hydrogens (primary N) is 1. The van der Waals surface area contributed by atoms with Gasteiger partial charge in [-0.15, -0.1) is 12.4 Å². The minimum Gasteiger partial charge on any atom is -0.457 e. The van der Waals surface area contributed by atoms with Crippen molar-refractivity contribution < 1.29 is 14.6 Å². The van der Waals surface area contributed by atoms with Crippen LogP contribution in [0.1, 0.15) is 52.9 Å². The van der Waals surface area contributed by atoms with Crippen molar-refractivity contribution >= 4 is 18.4 Å². The number of β-amino-alcohol motifs (C(OH)–C–C–N with tert-alkyl or cyclic N) is 1. The number of benzene rings is 1. The van der Waals surface area contributed by atoms with Gasteiger partial charge in [0.25, 0.3) is 0 Å². The summed E-state index contributed by atoms with van der Waals surface area (Å²) in [5.41, 5.74) is 9.46. The van der Waals surface area contributed by atoms with Crippen LogP contribution < -0.4 is 5.73 Å². The summed E-state index contributed by atoms with van der Waals surface area (Å²) in [7, 11) is 0. The lowest BCUT2D eigenvalue weighted by Crippen LogP contribution is -2.46. The minimum atomic E-state index is -0.559. The Bertz CT molecular complexity index is 623. The van der Waals surface area contributed by atoms with Gasteiger partial charge in [-0.25, -0.2) is 4.79 Å². The number of hydrogen-bond donors (Lipinski definition) is 2. The van der Waals surface area contributed by atoms with Crippen molar-refractivity contribution in [3.05, 3.63) is 34.4 Å². The average molecular weight is 355 g/mol. The summed E-state index contributed by atoms with van der Waals surface area (Å²) in [6, 6.07) is 3.63. The smallest absolute Gasteiger partial charge is 0.338 e. The number of carbonyl (C=O) groups is 1. The number of halogens is 1. The number of likely N-dealkylation sites (tertiary alicyclic amines) is 1. The summed E-state index contributed by atoms with van der Waals surface area (Å²) in [5, 5.41) is 10.7. The maximum absolute atomic E-state index is 11.6. The van der Waals surface area contributed by atoms with Gasteiger partial charge in [0.2, 0.25) is 0 Å². The van der Waals surface area contributed by atoms with Crippen LogP contribution in [0.5, 0.6) is 0 Å². The van der Waals surface area contributed by atoms with E-state index in [1.165, 1.54) is 0 Å². The Labute approximate surface area is 149 Å². The Morgan fingerprint density at radius 3 is 2.92 bits per heavy atom. The molecule has 6 heteroatoms. The maximum Gasteiger partial charge on any atom is 0.338 e. The number of aliphatic hydroxyl groups is 1. The van der Waals surface area contributed by atoms with Crippen LogP contribution in [-0.4, -0.2) is 42.2 Å². The Morgan fingerprint density at radius 1 is 1.46 bits per heavy atom. The number of hydrogen-bond acceptors (Lipinski definition) is 5. The lowest BCUT2D eigenvalue weighted by atomic mass is 9.82. The Hall–Kier alpha value is -1.14. The van der Waals surface area contributed by atoms with Crippen LogP contribution in [0, 0.1) is 12.3 Å². The van der Waals surface area contributed by atoms with Gasteiger partial charge in [-0.2, -0.15) is 0 Å². The lowest BCUT2D eigenvalue weighted by molar-refractivity contribution is 0.0535. The molecule has 1 saturated heterocycles. The Kier molecular flexibility index (Phi) is 5.91. The van der Waals surface area contributed by atoms with Crippen LogP contribution in [0.4, 0.5) is 0 Å². The van der Waals surface area contributed by atoms with E-state index in [-0.39, 0.29) is 23.8 Å². The Morgan fingerprint density at radius 2 is 2.21 bits per heavy atom. The predicted molar refractivity (Wildman–Crippen MR) is 95.3 cm³/mol. The number of rotatable bonds is 4. The van der Waals surface area contributed by atoms with Crippen LogP contribution >= 0.6 is 12.4 Å². The average Bonchev–Trinajstić information content (AvgIpc) is 2.90. The molecule has 1 aromatic carbocycles. The van der Waals surface area contributed by atoms with Gasteiger partial charge in [0.05, 0.1) is 11.7 Å². The highest BCUT2D eigenvalue weighted by atomic mass is 35.5. The van der Waals surface area contributed by atoms with Crippen LogP contribution in [-0.2, 0) is 11.3 Å². The zero-order chi connectivity index (χ0) is 16.6. The molecule has 0 radical (unpaired) electrons. The molecule has 2 aliphatic heterocycles. The van der Waals surface area contributed by atoms with Gasteiger partial charge in [0.15, 0.2) is 0 Å². The molecule has 3 N–H and O–H groups in total. The summed E-state index contributed by atoms with van der Waals surface area (Å²) < 4.78 is 5.09. The molecule has 5 nitrogen and oxygen atoms in total. The van der Waals surface area contributed by atoms with Crippen LogP contribution in [0.2, 0.25) is 0 Å². The SMILES string of the molecule is Cc1c([C@@H](O)CN2CCCC(C)(CN)C2)ccc2c1COC2=O.Cl. The summed E-state index contributed by atoms with van der Waals surface area (Å²) >= 11 is 0. The van der Waals surface area contributed by atoms with Gasteiger partial charge < -0.3 is 15.6 Å². The highest BCUT2D eigenvalue weighted by Gasteiger charge is 2.31. The molecule has 1 aromatic rings. The molecule has 0 aliphatic carbocycles. The largest absolute Gasteiger partial charge is 0.457 e. The van der Waals surface area contributed by atoms with E-state index < -0.39 is 6.10 Å². The minimum absolute atomic E-state index is 0. The zero-order valence-corrected chi connectivity index (χ0v) is 15.2. The van der Waals surface area contributed by atoms with E-state index in [0.717, 1.165) is 42.6 Å². The van der Waals surface area contributed by atoms with Crippen molar-refractivity contribution in [2.24, 2.45) is 11.1 Å². The van der Waals surface area contributed by atoms with Crippen molar-refractivity contribution in [3.8, 4) is 0 Å². The number of nitrogens with zero attached hydrogens (tertiary/aromatic N) is 1. The van der Waals surface area contributed by atoms with Crippen molar-refractivity contribution in [3.63, 3.8) is 0 Å². The fraction of sp³-hybridized carbons (Fsp3) is 0.611. The van der Waals surface area contributed by atoms with Crippen LogP contribution in [0.15, 0.2) is 12.1 Å². The first kappa shape index (κ1) is 19.2. The monoisotopic (exact) mass is 354 g/mol. The molecule has 24 heavy (non-hydrogen) atoms.